The van der Waals surface area contributed by atoms with Gasteiger partial charge in [0.15, 0.2) is 0 Å². The van der Waals surface area contributed by atoms with E-state index in [0.717, 1.165) is 33.3 Å². The van der Waals surface area contributed by atoms with Crippen molar-refractivity contribution < 1.29 is 13.2 Å². The molecule has 1 aromatic heterocycles. The Morgan fingerprint density at radius 2 is 1.70 bits per heavy atom. The van der Waals surface area contributed by atoms with Crippen LogP contribution in [0.2, 0.25) is 0 Å². The van der Waals surface area contributed by atoms with E-state index in [0.29, 0.717) is 12.2 Å². The summed E-state index contributed by atoms with van der Waals surface area (Å²) in [6.45, 7) is 1.95. The van der Waals surface area contributed by atoms with E-state index in [1.165, 1.54) is 0 Å². The molecule has 3 aromatic carbocycles. The molecule has 0 bridgehead atoms. The topological polar surface area (TPSA) is 51.5 Å². The van der Waals surface area contributed by atoms with E-state index in [4.69, 9.17) is 4.74 Å². The number of rotatable bonds is 4. The van der Waals surface area contributed by atoms with Gasteiger partial charge in [0, 0.05) is 23.5 Å². The summed E-state index contributed by atoms with van der Waals surface area (Å²) in [6.07, 6.45) is 4.69. The molecule has 168 valence electrons. The smallest absolute Gasteiger partial charge is 0.266 e. The first-order valence-electron chi connectivity index (χ1n) is 10.9. The molecule has 0 fully saturated rings. The van der Waals surface area contributed by atoms with Crippen molar-refractivity contribution in [3.05, 3.63) is 102 Å². The zero-order valence-electron chi connectivity index (χ0n) is 18.9. The fourth-order valence-corrected chi connectivity index (χ4v) is 6.26. The minimum atomic E-state index is -3.87. The van der Waals surface area contributed by atoms with Crippen molar-refractivity contribution in [2.24, 2.45) is 7.05 Å². The SMILES string of the molecule is COc1ccc2c(c1)c1c(n2C)N(S(=O)(=O)c2ccc(C)cc2)C(c2ccccc2)C=CC1. The Labute approximate surface area is 194 Å². The number of sulfonamides is 1. The predicted octanol–water partition coefficient (Wildman–Crippen LogP) is 5.54. The number of hydrogen-bond donors (Lipinski definition) is 0. The van der Waals surface area contributed by atoms with Gasteiger partial charge in [-0.05, 0) is 49.2 Å². The maximum absolute atomic E-state index is 14.2. The number of aryl methyl sites for hydroxylation is 2. The van der Waals surface area contributed by atoms with Crippen molar-refractivity contribution in [3.8, 4) is 5.75 Å². The number of methoxy groups -OCH3 is 1. The maximum Gasteiger partial charge on any atom is 0.266 e. The molecule has 0 aliphatic carbocycles. The summed E-state index contributed by atoms with van der Waals surface area (Å²) in [7, 11) is -0.298. The third-order valence-corrected chi connectivity index (χ3v) is 8.08. The molecule has 1 aliphatic rings. The Morgan fingerprint density at radius 3 is 2.39 bits per heavy atom. The number of ether oxygens (including phenoxy) is 1. The van der Waals surface area contributed by atoms with Crippen molar-refractivity contribution in [1.29, 1.82) is 0 Å². The number of hydrogen-bond acceptors (Lipinski definition) is 3. The largest absolute Gasteiger partial charge is 0.497 e. The monoisotopic (exact) mass is 458 g/mol. The summed E-state index contributed by atoms with van der Waals surface area (Å²) in [4.78, 5) is 0.276. The predicted molar refractivity (Wildman–Crippen MR) is 132 cm³/mol. The van der Waals surface area contributed by atoms with Crippen LogP contribution >= 0.6 is 0 Å². The van der Waals surface area contributed by atoms with E-state index in [9.17, 15) is 8.42 Å². The number of aromatic nitrogens is 1. The van der Waals surface area contributed by atoms with Crippen molar-refractivity contribution in [3.63, 3.8) is 0 Å². The molecule has 1 atom stereocenters. The molecule has 0 saturated carbocycles. The average Bonchev–Trinajstić information content (AvgIpc) is 2.98. The average molecular weight is 459 g/mol. The zero-order chi connectivity index (χ0) is 23.2. The second-order valence-electron chi connectivity index (χ2n) is 8.35. The lowest BCUT2D eigenvalue weighted by molar-refractivity contribution is 0.415. The highest BCUT2D eigenvalue weighted by Crippen LogP contribution is 2.43. The van der Waals surface area contributed by atoms with Gasteiger partial charge in [0.25, 0.3) is 10.0 Å². The standard InChI is InChI=1S/C27H26N2O3S/c1-19-12-15-22(16-13-19)33(30,31)29-25(20-8-5-4-6-9-20)11-7-10-23-24-18-21(32-3)14-17-26(24)28(2)27(23)29/h4-9,11-18,25H,10H2,1-3H3. The van der Waals surface area contributed by atoms with Gasteiger partial charge in [-0.1, -0.05) is 60.2 Å². The van der Waals surface area contributed by atoms with Gasteiger partial charge in [-0.25, -0.2) is 12.7 Å². The normalized spacial score (nSPS) is 16.0. The van der Waals surface area contributed by atoms with Gasteiger partial charge in [-0.3, -0.25) is 0 Å². The van der Waals surface area contributed by atoms with Crippen LogP contribution in [0.15, 0.2) is 89.8 Å². The minimum absolute atomic E-state index is 0.276. The molecule has 2 heterocycles. The van der Waals surface area contributed by atoms with Crippen LogP contribution in [0.4, 0.5) is 5.82 Å². The second kappa shape index (κ2) is 8.12. The van der Waals surface area contributed by atoms with E-state index >= 15 is 0 Å². The summed E-state index contributed by atoms with van der Waals surface area (Å²) >= 11 is 0. The molecule has 0 N–H and O–H groups in total. The molecule has 5 rings (SSSR count). The van der Waals surface area contributed by atoms with Crippen LogP contribution in [0.25, 0.3) is 10.9 Å². The van der Waals surface area contributed by atoms with Crippen LogP contribution in [0, 0.1) is 6.92 Å². The molecule has 4 aromatic rings. The number of anilines is 1. The van der Waals surface area contributed by atoms with E-state index in [1.54, 1.807) is 23.5 Å². The third kappa shape index (κ3) is 3.51. The lowest BCUT2D eigenvalue weighted by Gasteiger charge is -2.31. The Morgan fingerprint density at radius 1 is 0.970 bits per heavy atom. The molecule has 33 heavy (non-hydrogen) atoms. The lowest BCUT2D eigenvalue weighted by Crippen LogP contribution is -2.35. The molecular formula is C27H26N2O3S. The number of fused-ring (bicyclic) bond motifs is 3. The van der Waals surface area contributed by atoms with Gasteiger partial charge in [-0.15, -0.1) is 0 Å². The summed E-state index contributed by atoms with van der Waals surface area (Å²) < 4.78 is 37.4. The van der Waals surface area contributed by atoms with Gasteiger partial charge >= 0.3 is 0 Å². The lowest BCUT2D eigenvalue weighted by atomic mass is 10.1. The minimum Gasteiger partial charge on any atom is -0.497 e. The number of allylic oxidation sites excluding steroid dienone is 1. The first-order chi connectivity index (χ1) is 15.9. The number of nitrogens with zero attached hydrogens (tertiary/aromatic N) is 2. The van der Waals surface area contributed by atoms with Crippen LogP contribution in [-0.4, -0.2) is 20.1 Å². The number of benzene rings is 3. The van der Waals surface area contributed by atoms with Gasteiger partial charge in [0.2, 0.25) is 0 Å². The zero-order valence-corrected chi connectivity index (χ0v) is 19.7. The molecule has 0 radical (unpaired) electrons. The first-order valence-corrected chi connectivity index (χ1v) is 12.3. The van der Waals surface area contributed by atoms with Crippen molar-refractivity contribution >= 4 is 26.7 Å². The molecule has 1 aliphatic heterocycles. The van der Waals surface area contributed by atoms with Crippen LogP contribution in [-0.2, 0) is 23.5 Å². The molecule has 0 spiro atoms. The van der Waals surface area contributed by atoms with Gasteiger partial charge in [0.05, 0.1) is 18.0 Å². The molecular weight excluding hydrogens is 432 g/mol. The molecule has 0 amide bonds. The highest BCUT2D eigenvalue weighted by atomic mass is 32.2. The van der Waals surface area contributed by atoms with E-state index in [1.807, 2.05) is 85.3 Å². The third-order valence-electron chi connectivity index (χ3n) is 6.30. The van der Waals surface area contributed by atoms with Gasteiger partial charge in [-0.2, -0.15) is 0 Å². The summed E-state index contributed by atoms with van der Waals surface area (Å²) in [5.41, 5.74) is 3.87. The van der Waals surface area contributed by atoms with Crippen molar-refractivity contribution in [1.82, 2.24) is 4.57 Å². The molecule has 1 unspecified atom stereocenters. The molecule has 0 saturated heterocycles. The molecule has 5 nitrogen and oxygen atoms in total. The van der Waals surface area contributed by atoms with Crippen molar-refractivity contribution in [2.45, 2.75) is 24.3 Å². The van der Waals surface area contributed by atoms with E-state index in [-0.39, 0.29) is 4.90 Å². The van der Waals surface area contributed by atoms with E-state index in [2.05, 4.69) is 6.08 Å². The second-order valence-corrected chi connectivity index (χ2v) is 10.2. The quantitative estimate of drug-likeness (QED) is 0.377. The summed E-state index contributed by atoms with van der Waals surface area (Å²) in [6, 6.07) is 22.2. The van der Waals surface area contributed by atoms with Crippen LogP contribution in [0.1, 0.15) is 22.7 Å². The molecule has 6 heteroatoms. The van der Waals surface area contributed by atoms with Gasteiger partial charge < -0.3 is 9.30 Å². The van der Waals surface area contributed by atoms with Crippen LogP contribution < -0.4 is 9.04 Å². The Balaban J connectivity index is 1.82. The van der Waals surface area contributed by atoms with Crippen molar-refractivity contribution in [2.75, 3.05) is 11.4 Å². The maximum atomic E-state index is 14.2. The Kier molecular flexibility index (Phi) is 5.25. The first kappa shape index (κ1) is 21.3. The van der Waals surface area contributed by atoms with Crippen LogP contribution in [0.3, 0.4) is 0 Å². The Bertz CT molecular complexity index is 1450. The van der Waals surface area contributed by atoms with Crippen LogP contribution in [0.5, 0.6) is 5.75 Å². The highest BCUT2D eigenvalue weighted by Gasteiger charge is 2.37. The Hall–Kier alpha value is -3.51. The fraction of sp³-hybridized carbons (Fsp3) is 0.185. The van der Waals surface area contributed by atoms with E-state index < -0.39 is 16.1 Å². The summed E-state index contributed by atoms with van der Waals surface area (Å²) in [5, 5.41) is 0.995. The summed E-state index contributed by atoms with van der Waals surface area (Å²) in [5.74, 6) is 1.43. The van der Waals surface area contributed by atoms with Gasteiger partial charge in [0.1, 0.15) is 11.6 Å². The highest BCUT2D eigenvalue weighted by molar-refractivity contribution is 7.92. The fourth-order valence-electron chi connectivity index (χ4n) is 4.60.